The van der Waals surface area contributed by atoms with Gasteiger partial charge in [0.05, 0.1) is 53.9 Å². The van der Waals surface area contributed by atoms with Crippen LogP contribution in [0, 0.1) is 20.8 Å². The van der Waals surface area contributed by atoms with Gasteiger partial charge in [-0.05, 0) is 45.4 Å². The van der Waals surface area contributed by atoms with E-state index >= 15 is 0 Å². The Labute approximate surface area is 238 Å². The van der Waals surface area contributed by atoms with E-state index in [-0.39, 0.29) is 12.6 Å². The second kappa shape index (κ2) is 12.0. The van der Waals surface area contributed by atoms with Crippen molar-refractivity contribution in [3.05, 3.63) is 51.5 Å². The van der Waals surface area contributed by atoms with Crippen molar-refractivity contribution in [2.24, 2.45) is 10.7 Å². The molecule has 11 heteroatoms. The Hall–Kier alpha value is -3.47. The molecule has 3 N–H and O–H groups in total. The van der Waals surface area contributed by atoms with E-state index in [2.05, 4.69) is 15.0 Å². The van der Waals surface area contributed by atoms with Crippen LogP contribution in [0.15, 0.2) is 39.0 Å². The molecule has 0 spiro atoms. The fourth-order valence-corrected chi connectivity index (χ4v) is 5.02. The van der Waals surface area contributed by atoms with Crippen molar-refractivity contribution in [3.8, 4) is 28.4 Å². The van der Waals surface area contributed by atoms with Crippen LogP contribution in [0.25, 0.3) is 22.6 Å². The van der Waals surface area contributed by atoms with Crippen molar-refractivity contribution in [2.45, 2.75) is 52.7 Å². The monoisotopic (exact) mass is 566 g/mol. The van der Waals surface area contributed by atoms with Gasteiger partial charge in [-0.25, -0.2) is 9.97 Å². The number of ether oxygens (including phenoxy) is 2. The zero-order valence-corrected chi connectivity index (χ0v) is 24.0. The third-order valence-electron chi connectivity index (χ3n) is 7.13. The van der Waals surface area contributed by atoms with Crippen LogP contribution in [-0.2, 0) is 4.74 Å². The molecule has 0 radical (unpaired) electrons. The molecule has 10 nitrogen and oxygen atoms in total. The van der Waals surface area contributed by atoms with E-state index < -0.39 is 6.10 Å². The van der Waals surface area contributed by atoms with Gasteiger partial charge >= 0.3 is 0 Å². The molecule has 212 valence electrons. The number of aliphatic hydroxyl groups excluding tert-OH is 1. The van der Waals surface area contributed by atoms with Crippen LogP contribution in [0.2, 0.25) is 5.02 Å². The lowest BCUT2D eigenvalue weighted by Gasteiger charge is -2.23. The summed E-state index contributed by atoms with van der Waals surface area (Å²) in [4.78, 5) is 16.7. The Bertz CT molecular complexity index is 1430. The maximum absolute atomic E-state index is 10.1. The van der Waals surface area contributed by atoms with E-state index in [1.807, 2.05) is 40.0 Å². The summed E-state index contributed by atoms with van der Waals surface area (Å²) in [5.41, 5.74) is 11.9. The molecule has 5 rings (SSSR count). The molecule has 0 saturated carbocycles. The Morgan fingerprint density at radius 1 is 1.25 bits per heavy atom. The van der Waals surface area contributed by atoms with Crippen molar-refractivity contribution in [1.82, 2.24) is 15.1 Å². The lowest BCUT2D eigenvalue weighted by molar-refractivity contribution is 0.0135. The summed E-state index contributed by atoms with van der Waals surface area (Å²) in [5, 5.41) is 14.8. The van der Waals surface area contributed by atoms with Crippen LogP contribution in [0.1, 0.15) is 36.8 Å². The molecule has 0 amide bonds. The molecular weight excluding hydrogens is 532 g/mol. The Balaban J connectivity index is 1.54. The van der Waals surface area contributed by atoms with E-state index in [9.17, 15) is 5.11 Å². The van der Waals surface area contributed by atoms with Crippen molar-refractivity contribution in [3.63, 3.8) is 0 Å². The average molecular weight is 567 g/mol. The summed E-state index contributed by atoms with van der Waals surface area (Å²) in [6.45, 7) is 10.3. The molecule has 1 aromatic carbocycles. The number of aryl methyl sites for hydroxylation is 2. The first kappa shape index (κ1) is 28.1. The standard InChI is InChI=1S/C29H35ClN6O4/c1-5-6-21(37)15-39-22-7-8-24(30)23(9-22)28-33-27(26-17(3)35-40-18(26)4)16(2)29(34-28)36-11-19(25(31)12-36)10-32-20-13-38-14-20/h7-10,20-21,37H,5-6,11-15,31H2,1-4H3/t21-/m1/s1. The molecule has 40 heavy (non-hydrogen) atoms. The molecule has 2 aromatic heterocycles. The van der Waals surface area contributed by atoms with Crippen LogP contribution >= 0.6 is 11.6 Å². The number of anilines is 1. The number of nitrogens with zero attached hydrogens (tertiary/aromatic N) is 5. The van der Waals surface area contributed by atoms with E-state index in [1.165, 1.54) is 0 Å². The molecule has 2 aliphatic rings. The minimum absolute atomic E-state index is 0.188. The van der Waals surface area contributed by atoms with Gasteiger partial charge < -0.3 is 29.7 Å². The lowest BCUT2D eigenvalue weighted by atomic mass is 10.0. The number of rotatable bonds is 10. The highest BCUT2D eigenvalue weighted by Gasteiger charge is 2.27. The second-order valence-corrected chi connectivity index (χ2v) is 10.7. The molecule has 1 fully saturated rings. The average Bonchev–Trinajstić information content (AvgIpc) is 3.43. The number of hydrogen-bond donors (Lipinski definition) is 2. The fourth-order valence-electron chi connectivity index (χ4n) is 4.82. The Kier molecular flexibility index (Phi) is 8.39. The van der Waals surface area contributed by atoms with Crippen LogP contribution in [0.4, 0.5) is 5.82 Å². The first-order valence-electron chi connectivity index (χ1n) is 13.5. The van der Waals surface area contributed by atoms with Crippen LogP contribution in [0.3, 0.4) is 0 Å². The molecular formula is C29H35ClN6O4. The second-order valence-electron chi connectivity index (χ2n) is 10.3. The van der Waals surface area contributed by atoms with Crippen molar-refractivity contribution >= 4 is 23.6 Å². The summed E-state index contributed by atoms with van der Waals surface area (Å²) < 4.78 is 16.6. The number of aliphatic imine (C=N–C) groups is 1. The van der Waals surface area contributed by atoms with E-state index in [0.29, 0.717) is 66.3 Å². The fraction of sp³-hybridized carbons (Fsp3) is 0.448. The highest BCUT2D eigenvalue weighted by molar-refractivity contribution is 6.33. The molecule has 3 aromatic rings. The smallest absolute Gasteiger partial charge is 0.163 e. The molecule has 0 aliphatic carbocycles. The number of aromatic nitrogens is 3. The summed E-state index contributed by atoms with van der Waals surface area (Å²) in [6.07, 6.45) is 2.86. The topological polar surface area (TPSA) is 132 Å². The van der Waals surface area contributed by atoms with Crippen molar-refractivity contribution in [1.29, 1.82) is 0 Å². The minimum Gasteiger partial charge on any atom is -0.491 e. The van der Waals surface area contributed by atoms with Gasteiger partial charge in [0.15, 0.2) is 5.82 Å². The van der Waals surface area contributed by atoms with E-state index in [1.54, 1.807) is 12.1 Å². The van der Waals surface area contributed by atoms with Gasteiger partial charge in [0, 0.05) is 35.2 Å². The van der Waals surface area contributed by atoms with Gasteiger partial charge in [-0.15, -0.1) is 0 Å². The lowest BCUT2D eigenvalue weighted by Crippen LogP contribution is -2.31. The van der Waals surface area contributed by atoms with Crippen LogP contribution in [0.5, 0.6) is 5.75 Å². The highest BCUT2D eigenvalue weighted by Crippen LogP contribution is 2.38. The number of benzene rings is 1. The quantitative estimate of drug-likeness (QED) is 0.342. The maximum Gasteiger partial charge on any atom is 0.163 e. The van der Waals surface area contributed by atoms with Crippen molar-refractivity contribution in [2.75, 3.05) is 37.8 Å². The van der Waals surface area contributed by atoms with Gasteiger partial charge in [0.1, 0.15) is 23.9 Å². The summed E-state index contributed by atoms with van der Waals surface area (Å²) in [7, 11) is 0. The minimum atomic E-state index is -0.542. The summed E-state index contributed by atoms with van der Waals surface area (Å²) in [5.74, 6) is 2.41. The third-order valence-corrected chi connectivity index (χ3v) is 7.46. The first-order chi connectivity index (χ1) is 19.2. The highest BCUT2D eigenvalue weighted by atomic mass is 35.5. The molecule has 0 bridgehead atoms. The SMILES string of the molecule is CCC[C@@H](O)COc1ccc(Cl)c(-c2nc(-c3c(C)noc3C)c(C)c(N3CC(N)=C(C=NC4COC4)C3)n2)c1. The predicted molar refractivity (Wildman–Crippen MR) is 155 cm³/mol. The maximum atomic E-state index is 10.1. The molecule has 0 unspecified atom stereocenters. The summed E-state index contributed by atoms with van der Waals surface area (Å²) >= 11 is 6.69. The van der Waals surface area contributed by atoms with Crippen molar-refractivity contribution < 1.29 is 19.1 Å². The predicted octanol–water partition coefficient (Wildman–Crippen LogP) is 4.42. The molecule has 1 saturated heterocycles. The number of halogens is 1. The summed E-state index contributed by atoms with van der Waals surface area (Å²) in [6, 6.07) is 5.53. The number of nitrogens with two attached hydrogens (primary N) is 1. The molecule has 2 aliphatic heterocycles. The van der Waals surface area contributed by atoms with Crippen LogP contribution < -0.4 is 15.4 Å². The zero-order valence-electron chi connectivity index (χ0n) is 23.3. The third kappa shape index (κ3) is 5.84. The van der Waals surface area contributed by atoms with E-state index in [0.717, 1.165) is 40.3 Å². The number of aliphatic hydroxyl groups is 1. The first-order valence-corrected chi connectivity index (χ1v) is 13.9. The molecule has 4 heterocycles. The number of hydrogen-bond acceptors (Lipinski definition) is 10. The largest absolute Gasteiger partial charge is 0.491 e. The normalized spacial score (nSPS) is 16.7. The van der Waals surface area contributed by atoms with E-state index in [4.69, 9.17) is 41.3 Å². The Morgan fingerprint density at radius 3 is 2.73 bits per heavy atom. The van der Waals surface area contributed by atoms with Gasteiger partial charge in [-0.1, -0.05) is 30.1 Å². The van der Waals surface area contributed by atoms with Gasteiger partial charge in [-0.3, -0.25) is 4.99 Å². The zero-order chi connectivity index (χ0) is 28.4. The molecule has 1 atom stereocenters. The van der Waals surface area contributed by atoms with Gasteiger partial charge in [-0.2, -0.15) is 0 Å². The van der Waals surface area contributed by atoms with Crippen LogP contribution in [-0.4, -0.2) is 71.5 Å². The van der Waals surface area contributed by atoms with Gasteiger partial charge in [0.2, 0.25) is 0 Å². The Morgan fingerprint density at radius 2 is 2.05 bits per heavy atom. The van der Waals surface area contributed by atoms with Gasteiger partial charge in [0.25, 0.3) is 0 Å².